The Morgan fingerprint density at radius 2 is 1.86 bits per heavy atom. The first-order valence-corrected chi connectivity index (χ1v) is 8.73. The Kier molecular flexibility index (Phi) is 4.67. The molecule has 0 unspecified atom stereocenters. The zero-order chi connectivity index (χ0) is 20.5. The average Bonchev–Trinajstić information content (AvgIpc) is 3.23. The first kappa shape index (κ1) is 18.5. The summed E-state index contributed by atoms with van der Waals surface area (Å²) in [6, 6.07) is 9.80. The third-order valence-corrected chi connectivity index (χ3v) is 4.63. The van der Waals surface area contributed by atoms with Crippen molar-refractivity contribution in [2.24, 2.45) is 10.3 Å². The van der Waals surface area contributed by atoms with Gasteiger partial charge in [-0.2, -0.15) is 5.11 Å². The fraction of sp³-hybridized carbons (Fsp3) is 0.211. The van der Waals surface area contributed by atoms with Crippen molar-refractivity contribution < 1.29 is 23.5 Å². The first-order valence-electron chi connectivity index (χ1n) is 8.73. The van der Waals surface area contributed by atoms with Crippen molar-refractivity contribution in [1.82, 2.24) is 5.01 Å². The van der Waals surface area contributed by atoms with Crippen LogP contribution in [0.5, 0.6) is 5.75 Å². The molecule has 2 aliphatic heterocycles. The van der Waals surface area contributed by atoms with Gasteiger partial charge in [0.15, 0.2) is 12.1 Å². The number of nitrogens with zero attached hydrogens (tertiary/aromatic N) is 4. The minimum Gasteiger partial charge on any atom is -0.495 e. The number of ether oxygens (including phenoxy) is 1. The van der Waals surface area contributed by atoms with Crippen molar-refractivity contribution in [3.63, 3.8) is 0 Å². The lowest BCUT2D eigenvalue weighted by atomic mass is 10.1. The first-order chi connectivity index (χ1) is 14.0. The molecule has 0 bridgehead atoms. The number of rotatable bonds is 5. The standard InChI is InChI=1S/C19H16FN5O4/c1-29-14-5-3-2-4-13(14)21-15(26)10-24-17-16(22-23-24)18(27)25(19(17)28)12-8-6-11(20)7-9-12/h2-9,16-17H,10H2,1H3,(H,21,26)/t16-,17-/m0/s1. The molecule has 2 aromatic carbocycles. The summed E-state index contributed by atoms with van der Waals surface area (Å²) in [6.45, 7) is -0.279. The average molecular weight is 397 g/mol. The van der Waals surface area contributed by atoms with E-state index in [-0.39, 0.29) is 12.2 Å². The van der Waals surface area contributed by atoms with Gasteiger partial charge in [-0.1, -0.05) is 17.4 Å². The zero-order valence-corrected chi connectivity index (χ0v) is 15.3. The van der Waals surface area contributed by atoms with Gasteiger partial charge in [0.2, 0.25) is 5.91 Å². The lowest BCUT2D eigenvalue weighted by Crippen LogP contribution is -2.43. The van der Waals surface area contributed by atoms with Crippen molar-refractivity contribution in [2.75, 3.05) is 23.9 Å². The molecule has 2 atom stereocenters. The van der Waals surface area contributed by atoms with Crippen molar-refractivity contribution in [2.45, 2.75) is 12.1 Å². The number of para-hydroxylation sites is 2. The van der Waals surface area contributed by atoms with E-state index in [0.717, 1.165) is 17.0 Å². The molecule has 0 radical (unpaired) electrons. The summed E-state index contributed by atoms with van der Waals surface area (Å²) in [5.74, 6) is -1.59. The number of hydrogen-bond donors (Lipinski definition) is 1. The maximum atomic E-state index is 13.2. The van der Waals surface area contributed by atoms with E-state index in [1.54, 1.807) is 24.3 Å². The number of nitrogens with one attached hydrogen (secondary N) is 1. The van der Waals surface area contributed by atoms with Crippen LogP contribution in [-0.4, -0.2) is 48.5 Å². The summed E-state index contributed by atoms with van der Waals surface area (Å²) in [4.78, 5) is 38.8. The number of carbonyl (C=O) groups is 3. The third kappa shape index (κ3) is 3.28. The van der Waals surface area contributed by atoms with Crippen molar-refractivity contribution in [3.05, 3.63) is 54.3 Å². The van der Waals surface area contributed by atoms with Crippen LogP contribution in [-0.2, 0) is 14.4 Å². The topological polar surface area (TPSA) is 104 Å². The van der Waals surface area contributed by atoms with Gasteiger partial charge >= 0.3 is 0 Å². The maximum absolute atomic E-state index is 13.2. The van der Waals surface area contributed by atoms with Crippen LogP contribution in [0.4, 0.5) is 15.8 Å². The number of anilines is 2. The molecule has 29 heavy (non-hydrogen) atoms. The van der Waals surface area contributed by atoms with Crippen LogP contribution >= 0.6 is 0 Å². The Labute approximate surface area is 164 Å². The summed E-state index contributed by atoms with van der Waals surface area (Å²) < 4.78 is 18.3. The van der Waals surface area contributed by atoms with Gasteiger partial charge < -0.3 is 10.1 Å². The monoisotopic (exact) mass is 397 g/mol. The van der Waals surface area contributed by atoms with Crippen LogP contribution in [0.1, 0.15) is 0 Å². The minimum absolute atomic E-state index is 0.240. The highest BCUT2D eigenvalue weighted by molar-refractivity contribution is 6.25. The molecule has 4 rings (SSSR count). The molecular formula is C19H16FN5O4. The predicted molar refractivity (Wildman–Crippen MR) is 99.7 cm³/mol. The summed E-state index contributed by atoms with van der Waals surface area (Å²) in [6.07, 6.45) is 0. The molecule has 10 heteroatoms. The summed E-state index contributed by atoms with van der Waals surface area (Å²) in [7, 11) is 1.48. The van der Waals surface area contributed by atoms with Gasteiger partial charge in [0.05, 0.1) is 18.5 Å². The largest absolute Gasteiger partial charge is 0.495 e. The number of fused-ring (bicyclic) bond motifs is 1. The van der Waals surface area contributed by atoms with E-state index in [1.807, 2.05) is 0 Å². The van der Waals surface area contributed by atoms with Crippen LogP contribution in [0.3, 0.4) is 0 Å². The normalized spacial score (nSPS) is 20.2. The second-order valence-electron chi connectivity index (χ2n) is 6.43. The SMILES string of the molecule is COc1ccccc1NC(=O)CN1N=N[C@@H]2C(=O)N(c3ccc(F)cc3)C(=O)[C@H]21. The smallest absolute Gasteiger partial charge is 0.263 e. The van der Waals surface area contributed by atoms with E-state index in [1.165, 1.54) is 24.3 Å². The van der Waals surface area contributed by atoms with Crippen LogP contribution in [0, 0.1) is 5.82 Å². The minimum atomic E-state index is -1.04. The second-order valence-corrected chi connectivity index (χ2v) is 6.43. The van der Waals surface area contributed by atoms with Gasteiger partial charge in [-0.25, -0.2) is 9.29 Å². The van der Waals surface area contributed by atoms with E-state index >= 15 is 0 Å². The van der Waals surface area contributed by atoms with Crippen LogP contribution in [0.15, 0.2) is 58.9 Å². The van der Waals surface area contributed by atoms with E-state index in [4.69, 9.17) is 4.74 Å². The molecule has 1 saturated heterocycles. The molecule has 3 amide bonds. The van der Waals surface area contributed by atoms with Gasteiger partial charge in [0, 0.05) is 0 Å². The van der Waals surface area contributed by atoms with Gasteiger partial charge in [0.25, 0.3) is 11.8 Å². The Bertz CT molecular complexity index is 1010. The summed E-state index contributed by atoms with van der Waals surface area (Å²) in [5, 5.41) is 11.5. The number of methoxy groups -OCH3 is 1. The van der Waals surface area contributed by atoms with Gasteiger partial charge in [0.1, 0.15) is 18.1 Å². The second kappa shape index (κ2) is 7.30. The molecule has 2 aliphatic rings. The molecule has 9 nitrogen and oxygen atoms in total. The quantitative estimate of drug-likeness (QED) is 0.775. The Hall–Kier alpha value is -3.82. The number of amides is 3. The van der Waals surface area contributed by atoms with Crippen molar-refractivity contribution in [3.8, 4) is 5.75 Å². The number of benzene rings is 2. The molecule has 0 aliphatic carbocycles. The molecule has 1 N–H and O–H groups in total. The highest BCUT2D eigenvalue weighted by Crippen LogP contribution is 2.32. The number of halogens is 1. The molecule has 148 valence electrons. The summed E-state index contributed by atoms with van der Waals surface area (Å²) >= 11 is 0. The van der Waals surface area contributed by atoms with Crippen LogP contribution in [0.25, 0.3) is 0 Å². The Balaban J connectivity index is 1.49. The predicted octanol–water partition coefficient (Wildman–Crippen LogP) is 1.77. The van der Waals surface area contributed by atoms with E-state index in [2.05, 4.69) is 15.7 Å². The van der Waals surface area contributed by atoms with Crippen molar-refractivity contribution in [1.29, 1.82) is 0 Å². The molecular weight excluding hydrogens is 381 g/mol. The van der Waals surface area contributed by atoms with Gasteiger partial charge in [-0.3, -0.25) is 19.4 Å². The van der Waals surface area contributed by atoms with Crippen molar-refractivity contribution >= 4 is 29.1 Å². The van der Waals surface area contributed by atoms with Gasteiger partial charge in [-0.15, -0.1) is 0 Å². The lowest BCUT2D eigenvalue weighted by Gasteiger charge is -2.20. The van der Waals surface area contributed by atoms with Gasteiger partial charge in [-0.05, 0) is 36.4 Å². The highest BCUT2D eigenvalue weighted by Gasteiger charge is 2.55. The zero-order valence-electron chi connectivity index (χ0n) is 15.3. The summed E-state index contributed by atoms with van der Waals surface area (Å²) in [5.41, 5.74) is 0.707. The van der Waals surface area contributed by atoms with E-state index < -0.39 is 35.6 Å². The van der Waals surface area contributed by atoms with Crippen LogP contribution in [0.2, 0.25) is 0 Å². The van der Waals surface area contributed by atoms with E-state index in [9.17, 15) is 18.8 Å². The molecule has 0 aromatic heterocycles. The molecule has 1 fully saturated rings. The van der Waals surface area contributed by atoms with Crippen LogP contribution < -0.4 is 15.0 Å². The molecule has 2 heterocycles. The Morgan fingerprint density at radius 3 is 2.59 bits per heavy atom. The highest BCUT2D eigenvalue weighted by atomic mass is 19.1. The molecule has 0 saturated carbocycles. The maximum Gasteiger partial charge on any atom is 0.263 e. The fourth-order valence-electron chi connectivity index (χ4n) is 3.28. The third-order valence-electron chi connectivity index (χ3n) is 4.63. The number of imide groups is 1. The lowest BCUT2D eigenvalue weighted by molar-refractivity contribution is -0.123. The molecule has 0 spiro atoms. The Morgan fingerprint density at radius 1 is 1.14 bits per heavy atom. The fourth-order valence-corrected chi connectivity index (χ4v) is 3.28. The number of hydrogen-bond acceptors (Lipinski definition) is 7. The van der Waals surface area contributed by atoms with E-state index in [0.29, 0.717) is 11.4 Å². The molecule has 2 aromatic rings. The number of carbonyl (C=O) groups excluding carboxylic acids is 3.